The van der Waals surface area contributed by atoms with Gasteiger partial charge in [0.15, 0.2) is 5.82 Å². The maximum atomic E-state index is 14.6. The maximum Gasteiger partial charge on any atom is 0.420 e. The van der Waals surface area contributed by atoms with Gasteiger partial charge in [0.1, 0.15) is 28.9 Å². The summed E-state index contributed by atoms with van der Waals surface area (Å²) in [6.45, 7) is 1.12. The first-order valence-corrected chi connectivity index (χ1v) is 12.2. The molecule has 2 atom stereocenters. The Morgan fingerprint density at radius 1 is 1.20 bits per heavy atom. The molecular formula is C20H20F5N7O2S. The molecule has 1 aliphatic heterocycles. The van der Waals surface area contributed by atoms with Crippen LogP contribution in [0.5, 0.6) is 0 Å². The number of nitrogens with one attached hydrogen (secondary N) is 1. The van der Waals surface area contributed by atoms with E-state index in [4.69, 9.17) is 0 Å². The summed E-state index contributed by atoms with van der Waals surface area (Å²) in [6, 6.07) is 0.429. The second kappa shape index (κ2) is 9.11. The summed E-state index contributed by atoms with van der Waals surface area (Å²) in [6.07, 6.45) is -1.37. The summed E-state index contributed by atoms with van der Waals surface area (Å²) < 4.78 is 95.5. The molecule has 0 aliphatic carbocycles. The third kappa shape index (κ3) is 5.24. The number of rotatable bonds is 5. The molecule has 0 radical (unpaired) electrons. The first-order chi connectivity index (χ1) is 16.3. The summed E-state index contributed by atoms with van der Waals surface area (Å²) in [7, 11) is -3.58. The van der Waals surface area contributed by atoms with Crippen LogP contribution in [-0.4, -0.2) is 68.8 Å². The Kier molecular flexibility index (Phi) is 6.48. The summed E-state index contributed by atoms with van der Waals surface area (Å²) in [5.74, 6) is -0.783. The van der Waals surface area contributed by atoms with Crippen LogP contribution in [-0.2, 0) is 16.2 Å². The Hall–Kier alpha value is -3.20. The van der Waals surface area contributed by atoms with Crippen molar-refractivity contribution in [2.24, 2.45) is 0 Å². The lowest BCUT2D eigenvalue weighted by molar-refractivity contribution is -0.137. The van der Waals surface area contributed by atoms with Gasteiger partial charge in [-0.1, -0.05) is 0 Å². The van der Waals surface area contributed by atoms with Crippen molar-refractivity contribution < 1.29 is 30.4 Å². The largest absolute Gasteiger partial charge is 0.420 e. The van der Waals surface area contributed by atoms with Crippen LogP contribution in [0.2, 0.25) is 0 Å². The number of imidazole rings is 1. The van der Waals surface area contributed by atoms with Gasteiger partial charge in [-0.05, 0) is 19.4 Å². The number of hydrogen-bond acceptors (Lipinski definition) is 7. The van der Waals surface area contributed by atoms with Gasteiger partial charge in [-0.2, -0.15) is 17.5 Å². The molecule has 1 N–H and O–H groups in total. The predicted molar refractivity (Wildman–Crippen MR) is 115 cm³/mol. The van der Waals surface area contributed by atoms with E-state index < -0.39 is 52.0 Å². The number of nitrogens with zero attached hydrogens (tertiary/aromatic N) is 6. The maximum absolute atomic E-state index is 14.6. The Bertz CT molecular complexity index is 1350. The molecular weight excluding hydrogens is 497 g/mol. The smallest absolute Gasteiger partial charge is 0.348 e. The van der Waals surface area contributed by atoms with Crippen molar-refractivity contribution in [1.29, 1.82) is 0 Å². The van der Waals surface area contributed by atoms with Crippen LogP contribution in [0.1, 0.15) is 17.8 Å². The third-order valence-corrected chi connectivity index (χ3v) is 6.79. The highest BCUT2D eigenvalue weighted by Crippen LogP contribution is 2.36. The minimum Gasteiger partial charge on any atom is -0.348 e. The quantitative estimate of drug-likeness (QED) is 0.519. The fourth-order valence-electron chi connectivity index (χ4n) is 3.75. The van der Waals surface area contributed by atoms with Crippen LogP contribution in [0.15, 0.2) is 30.9 Å². The van der Waals surface area contributed by atoms with E-state index in [2.05, 4.69) is 25.3 Å². The molecule has 0 amide bonds. The molecule has 9 nitrogen and oxygen atoms in total. The Balaban J connectivity index is 1.68. The van der Waals surface area contributed by atoms with E-state index in [9.17, 15) is 30.4 Å². The molecule has 188 valence electrons. The summed E-state index contributed by atoms with van der Waals surface area (Å²) >= 11 is 0. The zero-order valence-electron chi connectivity index (χ0n) is 18.5. The van der Waals surface area contributed by atoms with Crippen LogP contribution in [0.4, 0.5) is 27.9 Å². The van der Waals surface area contributed by atoms with Crippen LogP contribution in [0, 0.1) is 12.7 Å². The second-order valence-electron chi connectivity index (χ2n) is 8.00. The number of aryl methyl sites for hydroxylation is 1. The van der Waals surface area contributed by atoms with Crippen LogP contribution < -0.4 is 5.32 Å². The molecule has 0 aromatic carbocycles. The molecule has 0 spiro atoms. The fraction of sp³-hybridized carbons (Fsp3) is 0.400. The molecule has 0 bridgehead atoms. The van der Waals surface area contributed by atoms with E-state index >= 15 is 0 Å². The molecule has 3 aromatic rings. The molecule has 1 saturated heterocycles. The van der Waals surface area contributed by atoms with Crippen molar-refractivity contribution in [3.8, 4) is 17.1 Å². The Morgan fingerprint density at radius 2 is 1.94 bits per heavy atom. The molecule has 3 aromatic heterocycles. The molecule has 15 heteroatoms. The van der Waals surface area contributed by atoms with Gasteiger partial charge in [0.05, 0.1) is 24.2 Å². The molecule has 4 heterocycles. The number of hydrogen-bond donors (Lipinski definition) is 1. The minimum atomic E-state index is -4.82. The van der Waals surface area contributed by atoms with E-state index in [1.54, 1.807) is 0 Å². The lowest BCUT2D eigenvalue weighted by atomic mass is 10.1. The number of sulfonamides is 1. The Labute approximate surface area is 197 Å². The number of anilines is 1. The van der Waals surface area contributed by atoms with Gasteiger partial charge < -0.3 is 9.88 Å². The zero-order valence-corrected chi connectivity index (χ0v) is 19.3. The SMILES string of the molecule is Cc1nc(-c2nc(N[C@H]3CCN(S(C)(=O)=O)C[C@H]3F)ncc2C(F)(F)F)cn1-c1ccncc1F. The minimum absolute atomic E-state index is 0.0332. The predicted octanol–water partition coefficient (Wildman–Crippen LogP) is 2.97. The normalized spacial score (nSPS) is 19.6. The van der Waals surface area contributed by atoms with Crippen molar-refractivity contribution in [3.05, 3.63) is 48.1 Å². The number of halogens is 5. The highest BCUT2D eigenvalue weighted by molar-refractivity contribution is 7.88. The second-order valence-corrected chi connectivity index (χ2v) is 9.98. The monoisotopic (exact) mass is 517 g/mol. The van der Waals surface area contributed by atoms with Crippen LogP contribution >= 0.6 is 0 Å². The number of piperidine rings is 1. The average Bonchev–Trinajstić information content (AvgIpc) is 3.15. The van der Waals surface area contributed by atoms with Gasteiger partial charge in [-0.3, -0.25) is 4.98 Å². The summed E-state index contributed by atoms with van der Waals surface area (Å²) in [5, 5.41) is 2.66. The standard InChI is InChI=1S/C20H20F5N7O2S/c1-11-28-16(10-32(11)17-3-5-26-8-13(17)21)18-12(20(23,24)25)7-27-19(30-18)29-15-4-6-31(9-14(15)22)35(2,33)34/h3,5,7-8,10,14-15H,4,6,9H2,1-2H3,(H,27,29,30)/t14-,15+/m1/s1. The summed E-state index contributed by atoms with van der Waals surface area (Å²) in [4.78, 5) is 15.4. The highest BCUT2D eigenvalue weighted by Gasteiger charge is 2.37. The first-order valence-electron chi connectivity index (χ1n) is 10.3. The first kappa shape index (κ1) is 24.9. The van der Waals surface area contributed by atoms with Crippen molar-refractivity contribution in [1.82, 2.24) is 28.8 Å². The number of aromatic nitrogens is 5. The van der Waals surface area contributed by atoms with Gasteiger partial charge in [0, 0.05) is 31.7 Å². The zero-order chi connectivity index (χ0) is 25.5. The molecule has 1 aliphatic rings. The van der Waals surface area contributed by atoms with Crippen molar-refractivity contribution in [3.63, 3.8) is 0 Å². The van der Waals surface area contributed by atoms with Crippen molar-refractivity contribution >= 4 is 16.0 Å². The third-order valence-electron chi connectivity index (χ3n) is 5.52. The molecule has 0 unspecified atom stereocenters. The topological polar surface area (TPSA) is 106 Å². The lowest BCUT2D eigenvalue weighted by Crippen LogP contribution is -2.49. The molecule has 35 heavy (non-hydrogen) atoms. The van der Waals surface area contributed by atoms with Crippen molar-refractivity contribution in [2.75, 3.05) is 24.7 Å². The van der Waals surface area contributed by atoms with Crippen molar-refractivity contribution in [2.45, 2.75) is 31.7 Å². The average molecular weight is 517 g/mol. The Morgan fingerprint density at radius 3 is 2.57 bits per heavy atom. The van der Waals surface area contributed by atoms with E-state index in [0.29, 0.717) is 6.20 Å². The van der Waals surface area contributed by atoms with Gasteiger partial charge >= 0.3 is 6.18 Å². The van der Waals surface area contributed by atoms with Gasteiger partial charge in [-0.25, -0.2) is 32.2 Å². The highest BCUT2D eigenvalue weighted by atomic mass is 32.2. The fourth-order valence-corrected chi connectivity index (χ4v) is 4.60. The van der Waals surface area contributed by atoms with Gasteiger partial charge in [0.2, 0.25) is 16.0 Å². The van der Waals surface area contributed by atoms with E-state index in [1.807, 2.05) is 0 Å². The molecule has 1 fully saturated rings. The van der Waals surface area contributed by atoms with Gasteiger partial charge in [0.25, 0.3) is 0 Å². The van der Waals surface area contributed by atoms with Gasteiger partial charge in [-0.15, -0.1) is 0 Å². The number of pyridine rings is 1. The van der Waals surface area contributed by atoms with Crippen LogP contribution in [0.25, 0.3) is 17.1 Å². The molecule has 0 saturated carbocycles. The van der Waals surface area contributed by atoms with E-state index in [0.717, 1.165) is 16.8 Å². The van der Waals surface area contributed by atoms with E-state index in [1.165, 1.54) is 30.0 Å². The summed E-state index contributed by atoms with van der Waals surface area (Å²) in [5.41, 5.74) is -1.91. The lowest BCUT2D eigenvalue weighted by Gasteiger charge is -2.33. The van der Waals surface area contributed by atoms with E-state index in [-0.39, 0.29) is 36.1 Å². The molecule has 4 rings (SSSR count). The number of alkyl halides is 4. The van der Waals surface area contributed by atoms with Crippen LogP contribution in [0.3, 0.4) is 0 Å².